The highest BCUT2D eigenvalue weighted by atomic mass is 16.5. The van der Waals surface area contributed by atoms with E-state index in [1.54, 1.807) is 0 Å². The minimum atomic E-state index is -0.100. The second-order valence-corrected chi connectivity index (χ2v) is 6.70. The van der Waals surface area contributed by atoms with Gasteiger partial charge in [-0.2, -0.15) is 0 Å². The summed E-state index contributed by atoms with van der Waals surface area (Å²) in [7, 11) is 0. The molecule has 3 atom stereocenters. The first kappa shape index (κ1) is 15.5. The van der Waals surface area contributed by atoms with E-state index in [2.05, 4.69) is 17.0 Å². The van der Waals surface area contributed by atoms with Crippen LogP contribution in [0.5, 0.6) is 0 Å². The lowest BCUT2D eigenvalue weighted by Crippen LogP contribution is -2.50. The Kier molecular flexibility index (Phi) is 5.11. The molecule has 4 nitrogen and oxygen atoms in total. The lowest BCUT2D eigenvalue weighted by atomic mass is 9.84. The molecular weight excluding hydrogens is 276 g/mol. The van der Waals surface area contributed by atoms with Gasteiger partial charge < -0.3 is 10.5 Å². The molecule has 1 aliphatic heterocycles. The summed E-state index contributed by atoms with van der Waals surface area (Å²) in [5.41, 5.74) is 7.47. The molecule has 0 aromatic heterocycles. The molecule has 22 heavy (non-hydrogen) atoms. The number of nitrogens with two attached hydrogens (primary N) is 1. The number of hydrogen-bond acceptors (Lipinski definition) is 4. The van der Waals surface area contributed by atoms with Crippen molar-refractivity contribution in [3.05, 3.63) is 35.9 Å². The van der Waals surface area contributed by atoms with Gasteiger partial charge in [-0.05, 0) is 24.3 Å². The largest absolute Gasteiger partial charge is 0.460 e. The fourth-order valence-electron chi connectivity index (χ4n) is 3.71. The van der Waals surface area contributed by atoms with Crippen molar-refractivity contribution in [1.82, 2.24) is 4.90 Å². The Bertz CT molecular complexity index is 491. The van der Waals surface area contributed by atoms with Crippen LogP contribution < -0.4 is 5.73 Å². The van der Waals surface area contributed by atoms with Gasteiger partial charge in [-0.25, -0.2) is 0 Å². The van der Waals surface area contributed by atoms with Gasteiger partial charge in [-0.3, -0.25) is 9.69 Å². The Labute approximate surface area is 132 Å². The van der Waals surface area contributed by atoms with Crippen LogP contribution in [0.1, 0.15) is 31.2 Å². The van der Waals surface area contributed by atoms with Gasteiger partial charge in [0.15, 0.2) is 0 Å². The van der Waals surface area contributed by atoms with E-state index < -0.39 is 0 Å². The molecule has 0 spiro atoms. The molecule has 1 unspecified atom stereocenters. The quantitative estimate of drug-likeness (QED) is 0.864. The van der Waals surface area contributed by atoms with Crippen LogP contribution >= 0.6 is 0 Å². The third-order valence-electron chi connectivity index (χ3n) is 4.88. The first-order valence-electron chi connectivity index (χ1n) is 8.42. The predicted octanol–water partition coefficient (Wildman–Crippen LogP) is 1.97. The average Bonchev–Trinajstić information content (AvgIpc) is 2.50. The van der Waals surface area contributed by atoms with Crippen LogP contribution in [0.4, 0.5) is 0 Å². The summed E-state index contributed by atoms with van der Waals surface area (Å²) >= 11 is 0. The molecular formula is C18H26N2O2. The van der Waals surface area contributed by atoms with Crippen LogP contribution in [0.15, 0.2) is 30.3 Å². The molecule has 1 heterocycles. The van der Waals surface area contributed by atoms with Crippen LogP contribution in [0.3, 0.4) is 0 Å². The topological polar surface area (TPSA) is 55.6 Å². The van der Waals surface area contributed by atoms with E-state index in [1.165, 1.54) is 24.8 Å². The van der Waals surface area contributed by atoms with E-state index in [9.17, 15) is 4.79 Å². The molecule has 1 aromatic carbocycles. The van der Waals surface area contributed by atoms with E-state index in [-0.39, 0.29) is 12.1 Å². The SMILES string of the molecule is N[C@@H]1CCCCC1CN1CC(=O)O[C@@H](Cc2ccccc2)C1. The van der Waals surface area contributed by atoms with E-state index >= 15 is 0 Å². The summed E-state index contributed by atoms with van der Waals surface area (Å²) in [5, 5.41) is 0. The number of morpholine rings is 1. The number of esters is 1. The number of cyclic esters (lactones) is 1. The molecule has 0 bridgehead atoms. The Morgan fingerprint density at radius 3 is 2.73 bits per heavy atom. The summed E-state index contributed by atoms with van der Waals surface area (Å²) in [6.45, 7) is 2.17. The maximum atomic E-state index is 11.9. The van der Waals surface area contributed by atoms with Gasteiger partial charge >= 0.3 is 5.97 Å². The summed E-state index contributed by atoms with van der Waals surface area (Å²) in [4.78, 5) is 14.1. The molecule has 1 saturated heterocycles. The molecule has 0 radical (unpaired) electrons. The smallest absolute Gasteiger partial charge is 0.320 e. The Hall–Kier alpha value is -1.39. The van der Waals surface area contributed by atoms with Crippen molar-refractivity contribution in [2.75, 3.05) is 19.6 Å². The molecule has 2 N–H and O–H groups in total. The van der Waals surface area contributed by atoms with E-state index in [1.807, 2.05) is 18.2 Å². The number of hydrogen-bond donors (Lipinski definition) is 1. The first-order chi connectivity index (χ1) is 10.7. The van der Waals surface area contributed by atoms with Gasteiger partial charge in [0.2, 0.25) is 0 Å². The highest BCUT2D eigenvalue weighted by molar-refractivity contribution is 5.72. The fraction of sp³-hybridized carbons (Fsp3) is 0.611. The number of rotatable bonds is 4. The molecule has 4 heteroatoms. The van der Waals surface area contributed by atoms with E-state index in [0.717, 1.165) is 25.9 Å². The molecule has 1 aliphatic carbocycles. The van der Waals surface area contributed by atoms with Crippen LogP contribution in [-0.4, -0.2) is 42.6 Å². The maximum absolute atomic E-state index is 11.9. The summed E-state index contributed by atoms with van der Waals surface area (Å²) in [6.07, 6.45) is 5.58. The van der Waals surface area contributed by atoms with Gasteiger partial charge in [0.05, 0.1) is 6.54 Å². The highest BCUT2D eigenvalue weighted by Gasteiger charge is 2.30. The third kappa shape index (κ3) is 4.08. The number of benzene rings is 1. The molecule has 1 saturated carbocycles. The lowest BCUT2D eigenvalue weighted by molar-refractivity contribution is -0.159. The Morgan fingerprint density at radius 1 is 1.18 bits per heavy atom. The number of ether oxygens (including phenoxy) is 1. The van der Waals surface area contributed by atoms with Crippen LogP contribution in [0.25, 0.3) is 0 Å². The van der Waals surface area contributed by atoms with Gasteiger partial charge in [0.25, 0.3) is 0 Å². The summed E-state index contributed by atoms with van der Waals surface area (Å²) in [5.74, 6) is 0.425. The second-order valence-electron chi connectivity index (χ2n) is 6.70. The first-order valence-corrected chi connectivity index (χ1v) is 8.42. The van der Waals surface area contributed by atoms with Crippen LogP contribution in [0.2, 0.25) is 0 Å². The zero-order chi connectivity index (χ0) is 15.4. The molecule has 1 aromatic rings. The van der Waals surface area contributed by atoms with Crippen molar-refractivity contribution in [1.29, 1.82) is 0 Å². The molecule has 3 rings (SSSR count). The maximum Gasteiger partial charge on any atom is 0.320 e. The monoisotopic (exact) mass is 302 g/mol. The van der Waals surface area contributed by atoms with Gasteiger partial charge in [-0.15, -0.1) is 0 Å². The summed E-state index contributed by atoms with van der Waals surface area (Å²) < 4.78 is 5.52. The Morgan fingerprint density at radius 2 is 1.95 bits per heavy atom. The number of nitrogens with zero attached hydrogens (tertiary/aromatic N) is 1. The minimum Gasteiger partial charge on any atom is -0.460 e. The van der Waals surface area contributed by atoms with Crippen molar-refractivity contribution < 1.29 is 9.53 Å². The normalized spacial score (nSPS) is 30.0. The second kappa shape index (κ2) is 7.25. The molecule has 120 valence electrons. The lowest BCUT2D eigenvalue weighted by Gasteiger charge is -2.37. The van der Waals surface area contributed by atoms with Crippen molar-refractivity contribution in [2.45, 2.75) is 44.2 Å². The van der Waals surface area contributed by atoms with Gasteiger partial charge in [0, 0.05) is 25.6 Å². The zero-order valence-corrected chi connectivity index (χ0v) is 13.1. The van der Waals surface area contributed by atoms with Crippen LogP contribution in [0, 0.1) is 5.92 Å². The Balaban J connectivity index is 1.57. The third-order valence-corrected chi connectivity index (χ3v) is 4.88. The van der Waals surface area contributed by atoms with Crippen molar-refractivity contribution >= 4 is 5.97 Å². The minimum absolute atomic E-state index is 0.0385. The van der Waals surface area contributed by atoms with Gasteiger partial charge in [0.1, 0.15) is 6.10 Å². The number of carbonyl (C=O) groups excluding carboxylic acids is 1. The van der Waals surface area contributed by atoms with Crippen molar-refractivity contribution in [2.24, 2.45) is 11.7 Å². The van der Waals surface area contributed by atoms with E-state index in [0.29, 0.717) is 18.5 Å². The molecule has 2 fully saturated rings. The molecule has 2 aliphatic rings. The zero-order valence-electron chi connectivity index (χ0n) is 13.1. The standard InChI is InChI=1S/C18H26N2O2/c19-17-9-5-4-8-15(17)11-20-12-16(22-18(21)13-20)10-14-6-2-1-3-7-14/h1-3,6-7,15-17H,4-5,8-13,19H2/t15?,16-,17+/m0/s1. The van der Waals surface area contributed by atoms with Gasteiger partial charge in [-0.1, -0.05) is 43.2 Å². The van der Waals surface area contributed by atoms with Crippen molar-refractivity contribution in [3.8, 4) is 0 Å². The van der Waals surface area contributed by atoms with Crippen LogP contribution in [-0.2, 0) is 16.0 Å². The highest BCUT2D eigenvalue weighted by Crippen LogP contribution is 2.25. The summed E-state index contributed by atoms with van der Waals surface area (Å²) in [6, 6.07) is 10.5. The number of carbonyl (C=O) groups is 1. The fourth-order valence-corrected chi connectivity index (χ4v) is 3.71. The van der Waals surface area contributed by atoms with Crippen molar-refractivity contribution in [3.63, 3.8) is 0 Å². The van der Waals surface area contributed by atoms with E-state index in [4.69, 9.17) is 10.5 Å². The molecule has 0 amide bonds. The average molecular weight is 302 g/mol. The predicted molar refractivity (Wildman–Crippen MR) is 86.4 cm³/mol.